The molecule has 6 atom stereocenters. The van der Waals surface area contributed by atoms with Gasteiger partial charge >= 0.3 is 5.97 Å². The molecule has 5 heteroatoms. The summed E-state index contributed by atoms with van der Waals surface area (Å²) in [5.74, 6) is -0.412. The number of cyclic esters (lactones) is 1. The van der Waals surface area contributed by atoms with E-state index in [-0.39, 0.29) is 18.5 Å². The van der Waals surface area contributed by atoms with Crippen LogP contribution in [-0.2, 0) is 9.53 Å². The highest BCUT2D eigenvalue weighted by molar-refractivity contribution is 5.86. The number of hydrogen-bond donors (Lipinski definition) is 3. The summed E-state index contributed by atoms with van der Waals surface area (Å²) in [6, 6.07) is 0. The van der Waals surface area contributed by atoms with Gasteiger partial charge in [-0.3, -0.25) is 0 Å². The Balaban J connectivity index is 2.08. The molecule has 1 fully saturated rings. The molecule has 0 unspecified atom stereocenters. The van der Waals surface area contributed by atoms with Gasteiger partial charge < -0.3 is 20.1 Å². The summed E-state index contributed by atoms with van der Waals surface area (Å²) in [7, 11) is 0. The highest BCUT2D eigenvalue weighted by Gasteiger charge is 2.66. The van der Waals surface area contributed by atoms with Crippen LogP contribution >= 0.6 is 0 Å². The molecule has 0 radical (unpaired) electrons. The number of carbonyl (C=O) groups excluding carboxylic acids is 1. The summed E-state index contributed by atoms with van der Waals surface area (Å²) in [5.41, 5.74) is -1.11. The lowest BCUT2D eigenvalue weighted by atomic mass is 9.44. The quantitative estimate of drug-likeness (QED) is 0.524. The van der Waals surface area contributed by atoms with Gasteiger partial charge in [-0.2, -0.15) is 0 Å². The topological polar surface area (TPSA) is 87.0 Å². The summed E-state index contributed by atoms with van der Waals surface area (Å²) >= 11 is 0. The van der Waals surface area contributed by atoms with Crippen LogP contribution in [0.2, 0.25) is 0 Å². The molecule has 2 aliphatic carbocycles. The van der Waals surface area contributed by atoms with E-state index in [1.807, 2.05) is 26.8 Å². The molecule has 5 nitrogen and oxygen atoms in total. The molecule has 1 heterocycles. The fraction of sp³-hybridized carbons (Fsp3) is 0.650. The summed E-state index contributed by atoms with van der Waals surface area (Å²) in [6.07, 6.45) is 6.61. The van der Waals surface area contributed by atoms with Gasteiger partial charge in [0, 0.05) is 16.9 Å². The molecule has 1 aliphatic heterocycles. The maximum Gasteiger partial charge on any atom is 0.331 e. The maximum atomic E-state index is 11.3. The average molecular weight is 348 g/mol. The minimum atomic E-state index is -1.51. The zero-order valence-electron chi connectivity index (χ0n) is 15.3. The number of aliphatic hydroxyl groups is 3. The van der Waals surface area contributed by atoms with Crippen LogP contribution in [0.15, 0.2) is 35.5 Å². The molecule has 0 aromatic heterocycles. The van der Waals surface area contributed by atoms with Gasteiger partial charge in [-0.1, -0.05) is 37.6 Å². The summed E-state index contributed by atoms with van der Waals surface area (Å²) in [6.45, 7) is 7.69. The molecule has 3 rings (SSSR count). The first kappa shape index (κ1) is 18.4. The van der Waals surface area contributed by atoms with E-state index in [4.69, 9.17) is 4.74 Å². The van der Waals surface area contributed by atoms with Gasteiger partial charge in [0.15, 0.2) is 0 Å². The normalized spacial score (nSPS) is 47.3. The van der Waals surface area contributed by atoms with Gasteiger partial charge in [0.1, 0.15) is 12.7 Å². The molecule has 0 saturated heterocycles. The third-order valence-electron chi connectivity index (χ3n) is 7.11. The number of esters is 1. The van der Waals surface area contributed by atoms with Crippen LogP contribution in [0.4, 0.5) is 0 Å². The van der Waals surface area contributed by atoms with Crippen LogP contribution in [-0.4, -0.2) is 45.7 Å². The Morgan fingerprint density at radius 2 is 1.92 bits per heavy atom. The van der Waals surface area contributed by atoms with E-state index in [2.05, 4.69) is 6.08 Å². The van der Waals surface area contributed by atoms with Crippen molar-refractivity contribution in [3.63, 3.8) is 0 Å². The van der Waals surface area contributed by atoms with Crippen molar-refractivity contribution in [2.24, 2.45) is 16.7 Å². The fourth-order valence-corrected chi connectivity index (χ4v) is 4.98. The van der Waals surface area contributed by atoms with E-state index in [1.165, 1.54) is 6.08 Å². The minimum Gasteiger partial charge on any atom is -0.458 e. The van der Waals surface area contributed by atoms with Crippen molar-refractivity contribution in [3.8, 4) is 0 Å². The van der Waals surface area contributed by atoms with Crippen molar-refractivity contribution in [2.75, 3.05) is 6.61 Å². The summed E-state index contributed by atoms with van der Waals surface area (Å²) < 4.78 is 4.93. The second-order valence-corrected chi connectivity index (χ2v) is 8.28. The lowest BCUT2D eigenvalue weighted by Crippen LogP contribution is -2.71. The van der Waals surface area contributed by atoms with Gasteiger partial charge in [0.05, 0.1) is 11.7 Å². The van der Waals surface area contributed by atoms with Crippen LogP contribution in [0.25, 0.3) is 0 Å². The van der Waals surface area contributed by atoms with Crippen LogP contribution < -0.4 is 0 Å². The molecule has 1 saturated carbocycles. The Kier molecular flexibility index (Phi) is 4.26. The lowest BCUT2D eigenvalue weighted by molar-refractivity contribution is -0.252. The second-order valence-electron chi connectivity index (χ2n) is 8.28. The number of rotatable bonds is 2. The highest BCUT2D eigenvalue weighted by Crippen LogP contribution is 2.62. The standard InChI is InChI=1S/C20H28O5/c1-12-6-5-7-14-18(2,9-8-13-10-15(21)25-11-13)20(4,24)17(23)16(22)19(12,14)3/h6,8-10,14,16-17,22-24H,5,7,11H2,1-4H3/b9-8+/t14-,16+,17+,18-,19+,20+/m1/s1. The Morgan fingerprint density at radius 1 is 1.24 bits per heavy atom. The first-order chi connectivity index (χ1) is 11.5. The van der Waals surface area contributed by atoms with E-state index < -0.39 is 28.6 Å². The van der Waals surface area contributed by atoms with Crippen LogP contribution in [0.1, 0.15) is 40.5 Å². The molecular weight excluding hydrogens is 320 g/mol. The predicted molar refractivity (Wildman–Crippen MR) is 93.5 cm³/mol. The number of fused-ring (bicyclic) bond motifs is 1. The van der Waals surface area contributed by atoms with Crippen molar-refractivity contribution in [1.29, 1.82) is 0 Å². The Bertz CT molecular complexity index is 674. The van der Waals surface area contributed by atoms with E-state index in [0.717, 1.165) is 24.0 Å². The third kappa shape index (κ3) is 2.44. The van der Waals surface area contributed by atoms with Crippen molar-refractivity contribution in [1.82, 2.24) is 0 Å². The van der Waals surface area contributed by atoms with Gasteiger partial charge in [-0.15, -0.1) is 0 Å². The SMILES string of the molecule is CC1=CCC[C@H]2[C@@]1(C)[C@@H](O)[C@H](O)[C@](C)(O)[C@]2(C)/C=C/C1=CC(=O)OC1. The van der Waals surface area contributed by atoms with E-state index in [9.17, 15) is 20.1 Å². The maximum absolute atomic E-state index is 11.3. The summed E-state index contributed by atoms with van der Waals surface area (Å²) in [5, 5.41) is 32.8. The second kappa shape index (κ2) is 5.79. The number of hydrogen-bond acceptors (Lipinski definition) is 5. The molecule has 3 aliphatic rings. The molecule has 0 amide bonds. The van der Waals surface area contributed by atoms with Crippen molar-refractivity contribution >= 4 is 5.97 Å². The zero-order chi connectivity index (χ0) is 18.6. The monoisotopic (exact) mass is 348 g/mol. The highest BCUT2D eigenvalue weighted by atomic mass is 16.5. The Hall–Kier alpha value is -1.43. The zero-order valence-corrected chi connectivity index (χ0v) is 15.3. The molecule has 3 N–H and O–H groups in total. The van der Waals surface area contributed by atoms with Crippen molar-refractivity contribution in [3.05, 3.63) is 35.5 Å². The first-order valence-corrected chi connectivity index (χ1v) is 8.87. The minimum absolute atomic E-state index is 0.0479. The molecule has 0 aromatic rings. The van der Waals surface area contributed by atoms with E-state index in [1.54, 1.807) is 13.0 Å². The number of aliphatic hydroxyl groups excluding tert-OH is 2. The van der Waals surface area contributed by atoms with Gasteiger partial charge in [-0.25, -0.2) is 4.79 Å². The third-order valence-corrected chi connectivity index (χ3v) is 7.11. The van der Waals surface area contributed by atoms with Crippen LogP contribution in [0.3, 0.4) is 0 Å². The molecule has 25 heavy (non-hydrogen) atoms. The largest absolute Gasteiger partial charge is 0.458 e. The van der Waals surface area contributed by atoms with Crippen LogP contribution in [0.5, 0.6) is 0 Å². The Labute approximate surface area is 148 Å². The van der Waals surface area contributed by atoms with Crippen molar-refractivity contribution in [2.45, 2.75) is 58.3 Å². The first-order valence-electron chi connectivity index (χ1n) is 8.87. The molecular formula is C20H28O5. The smallest absolute Gasteiger partial charge is 0.331 e. The fourth-order valence-electron chi connectivity index (χ4n) is 4.98. The van der Waals surface area contributed by atoms with E-state index >= 15 is 0 Å². The van der Waals surface area contributed by atoms with Gasteiger partial charge in [-0.05, 0) is 38.2 Å². The van der Waals surface area contributed by atoms with Gasteiger partial charge in [0.25, 0.3) is 0 Å². The lowest BCUT2D eigenvalue weighted by Gasteiger charge is -2.63. The van der Waals surface area contributed by atoms with Crippen LogP contribution in [0, 0.1) is 16.7 Å². The van der Waals surface area contributed by atoms with Crippen molar-refractivity contribution < 1.29 is 24.9 Å². The molecule has 138 valence electrons. The number of allylic oxidation sites excluding steroid dienone is 1. The molecule has 0 aromatic carbocycles. The molecule has 0 bridgehead atoms. The summed E-state index contributed by atoms with van der Waals surface area (Å²) in [4.78, 5) is 11.3. The van der Waals surface area contributed by atoms with E-state index in [0.29, 0.717) is 0 Å². The number of carbonyl (C=O) groups is 1. The van der Waals surface area contributed by atoms with Gasteiger partial charge in [0.2, 0.25) is 0 Å². The average Bonchev–Trinajstić information content (AvgIpc) is 2.98. The predicted octanol–water partition coefficient (Wildman–Crippen LogP) is 1.88. The Morgan fingerprint density at radius 3 is 2.52 bits per heavy atom. The molecule has 0 spiro atoms. The number of ether oxygens (including phenoxy) is 1.